The molecule has 0 saturated carbocycles. The van der Waals surface area contributed by atoms with Gasteiger partial charge in [-0.3, -0.25) is 0 Å². The number of fused-ring (bicyclic) bond motifs is 11. The average molecular weight is 783 g/mol. The van der Waals surface area contributed by atoms with Crippen molar-refractivity contribution in [3.63, 3.8) is 0 Å². The van der Waals surface area contributed by atoms with Crippen molar-refractivity contribution >= 4 is 81.1 Å². The van der Waals surface area contributed by atoms with Gasteiger partial charge in [-0.05, 0) is 181 Å². The number of nitriles is 1. The Labute approximate surface area is 358 Å². The highest BCUT2D eigenvalue weighted by atomic mass is 14.6. The Morgan fingerprint density at radius 3 is 0.984 bits per heavy atom. The van der Waals surface area contributed by atoms with Gasteiger partial charge in [0.2, 0.25) is 0 Å². The van der Waals surface area contributed by atoms with Crippen LogP contribution in [0.4, 0.5) is 5.69 Å². The summed E-state index contributed by atoms with van der Waals surface area (Å²) in [5.41, 5.74) is 9.64. The molecule has 284 valence electrons. The average Bonchev–Trinajstić information content (AvgIpc) is 3.35. The third-order valence-corrected chi connectivity index (χ3v) is 12.8. The molecular weight excluding hydrogens is 749 g/mol. The van der Waals surface area contributed by atoms with Gasteiger partial charge in [-0.1, -0.05) is 146 Å². The van der Waals surface area contributed by atoms with E-state index >= 15 is 0 Å². The fourth-order valence-corrected chi connectivity index (χ4v) is 10.0. The largest absolute Gasteiger partial charge is 0.238 e. The molecule has 12 aromatic rings. The van der Waals surface area contributed by atoms with Gasteiger partial charge in [-0.2, -0.15) is 5.26 Å². The summed E-state index contributed by atoms with van der Waals surface area (Å²) in [5, 5.41) is 26.8. The van der Waals surface area contributed by atoms with Crippen molar-refractivity contribution in [2.45, 2.75) is 0 Å². The third kappa shape index (κ3) is 5.56. The highest BCUT2D eigenvalue weighted by molar-refractivity contribution is 6.24. The molecule has 0 saturated heterocycles. The summed E-state index contributed by atoms with van der Waals surface area (Å²) in [7, 11) is 0. The Bertz CT molecular complexity index is 3690. The van der Waals surface area contributed by atoms with E-state index in [2.05, 4.69) is 193 Å². The second-order valence-electron chi connectivity index (χ2n) is 16.2. The summed E-state index contributed by atoms with van der Waals surface area (Å²) in [6, 6.07) is 75.8. The lowest BCUT2D eigenvalue weighted by Crippen LogP contribution is -1.91. The zero-order valence-electron chi connectivity index (χ0n) is 33.5. The van der Waals surface area contributed by atoms with Crippen molar-refractivity contribution < 1.29 is 0 Å². The van der Waals surface area contributed by atoms with Crippen molar-refractivity contribution in [1.29, 1.82) is 5.26 Å². The van der Waals surface area contributed by atoms with E-state index in [9.17, 15) is 5.26 Å². The Morgan fingerprint density at radius 2 is 0.613 bits per heavy atom. The monoisotopic (exact) mass is 782 g/mol. The minimum absolute atomic E-state index is 0.603. The predicted molar refractivity (Wildman–Crippen MR) is 262 cm³/mol. The van der Waals surface area contributed by atoms with Gasteiger partial charge in [0.1, 0.15) is 0 Å². The fraction of sp³-hybridized carbons (Fsp3) is 0. The van der Waals surface area contributed by atoms with Gasteiger partial charge in [0.05, 0.1) is 18.2 Å². The van der Waals surface area contributed by atoms with Gasteiger partial charge in [-0.25, -0.2) is 4.85 Å². The Kier molecular flexibility index (Phi) is 8.01. The minimum Gasteiger partial charge on any atom is -0.238 e. The van der Waals surface area contributed by atoms with Crippen LogP contribution in [0.2, 0.25) is 0 Å². The van der Waals surface area contributed by atoms with E-state index in [1.807, 2.05) is 24.3 Å². The molecular formula is C60H34N2. The van der Waals surface area contributed by atoms with Crippen LogP contribution in [0.3, 0.4) is 0 Å². The first kappa shape index (κ1) is 35.4. The molecule has 0 unspecified atom stereocenters. The topological polar surface area (TPSA) is 28.1 Å². The number of nitrogens with zero attached hydrogens (tertiary/aromatic N) is 2. The van der Waals surface area contributed by atoms with Crippen LogP contribution in [0, 0.1) is 17.9 Å². The van der Waals surface area contributed by atoms with E-state index in [4.69, 9.17) is 6.57 Å². The molecule has 0 bridgehead atoms. The molecule has 12 aromatic carbocycles. The van der Waals surface area contributed by atoms with E-state index in [-0.39, 0.29) is 0 Å². The quantitative estimate of drug-likeness (QED) is 0.129. The molecule has 0 fully saturated rings. The van der Waals surface area contributed by atoms with Crippen molar-refractivity contribution in [2.24, 2.45) is 0 Å². The molecule has 0 aliphatic heterocycles. The second-order valence-corrected chi connectivity index (χ2v) is 16.2. The molecule has 0 heterocycles. The van der Waals surface area contributed by atoms with Crippen LogP contribution < -0.4 is 0 Å². The molecule has 2 nitrogen and oxygen atoms in total. The van der Waals surface area contributed by atoms with Crippen LogP contribution in [0.1, 0.15) is 5.56 Å². The molecule has 0 atom stereocenters. The summed E-state index contributed by atoms with van der Waals surface area (Å²) in [5.74, 6) is 0. The lowest BCUT2D eigenvalue weighted by atomic mass is 9.85. The molecule has 2 heteroatoms. The molecule has 0 N–H and O–H groups in total. The maximum atomic E-state index is 10.5. The van der Waals surface area contributed by atoms with Gasteiger partial charge >= 0.3 is 0 Å². The number of hydrogen-bond acceptors (Lipinski definition) is 1. The van der Waals surface area contributed by atoms with Crippen molar-refractivity contribution in [3.05, 3.63) is 223 Å². The normalized spacial score (nSPS) is 11.5. The number of rotatable bonds is 4. The standard InChI is InChI=1S/C60H34N2/c1-62-44-30-42(56-33-39-15-3-5-17-46(39)48-19-7-9-21-50(48)56)29-43(31-44)58-35-60-53-24-12-10-22-51(53)57(34-59(60)54-25-13-11-23-52(54)58)41-27-37(36-61)26-40(28-41)55-32-38-14-2-4-16-45(38)47-18-6-8-20-49(47)55/h2-35H. The van der Waals surface area contributed by atoms with E-state index in [1.165, 1.54) is 37.7 Å². The zero-order chi connectivity index (χ0) is 41.3. The highest BCUT2D eigenvalue weighted by Gasteiger charge is 2.18. The Morgan fingerprint density at radius 1 is 0.306 bits per heavy atom. The predicted octanol–water partition coefficient (Wildman–Crippen LogP) is 16.8. The van der Waals surface area contributed by atoms with Gasteiger partial charge in [-0.15, -0.1) is 0 Å². The van der Waals surface area contributed by atoms with Gasteiger partial charge < -0.3 is 0 Å². The Balaban J connectivity index is 1.10. The van der Waals surface area contributed by atoms with Crippen LogP contribution in [0.5, 0.6) is 0 Å². The first-order chi connectivity index (χ1) is 30.6. The van der Waals surface area contributed by atoms with Crippen molar-refractivity contribution in [3.8, 4) is 50.6 Å². The first-order valence-corrected chi connectivity index (χ1v) is 20.9. The Hall–Kier alpha value is -8.56. The lowest BCUT2D eigenvalue weighted by molar-refractivity contribution is 1.48. The van der Waals surface area contributed by atoms with E-state index in [1.54, 1.807) is 0 Å². The SMILES string of the molecule is [C-]#[N+]c1cc(-c2cc3ccccc3c3ccccc23)cc(-c2cc3c4ccccc4c(-c4cc(C#N)cc(-c5cc6ccccc6c6ccccc56)c4)cc3c3ccccc23)c1. The van der Waals surface area contributed by atoms with Crippen LogP contribution in [0.25, 0.3) is 125 Å². The minimum atomic E-state index is 0.603. The summed E-state index contributed by atoms with van der Waals surface area (Å²) in [6.45, 7) is 8.24. The molecule has 0 radical (unpaired) electrons. The number of benzene rings is 12. The number of hydrogen-bond donors (Lipinski definition) is 0. The summed E-state index contributed by atoms with van der Waals surface area (Å²) < 4.78 is 0. The van der Waals surface area contributed by atoms with Crippen LogP contribution in [-0.2, 0) is 0 Å². The second kappa shape index (κ2) is 14.0. The molecule has 0 aromatic heterocycles. The molecule has 0 aliphatic carbocycles. The fourth-order valence-electron chi connectivity index (χ4n) is 10.0. The summed E-state index contributed by atoms with van der Waals surface area (Å²) in [6.07, 6.45) is 0. The summed E-state index contributed by atoms with van der Waals surface area (Å²) in [4.78, 5) is 4.02. The zero-order valence-corrected chi connectivity index (χ0v) is 33.5. The molecule has 62 heavy (non-hydrogen) atoms. The van der Waals surface area contributed by atoms with Crippen molar-refractivity contribution in [1.82, 2.24) is 0 Å². The van der Waals surface area contributed by atoms with E-state index in [0.29, 0.717) is 11.3 Å². The van der Waals surface area contributed by atoms with Gasteiger partial charge in [0.15, 0.2) is 5.69 Å². The molecule has 0 amide bonds. The van der Waals surface area contributed by atoms with Gasteiger partial charge in [0, 0.05) is 0 Å². The maximum Gasteiger partial charge on any atom is 0.188 e. The highest BCUT2D eigenvalue weighted by Crippen LogP contribution is 2.45. The molecule has 0 aliphatic rings. The van der Waals surface area contributed by atoms with Crippen LogP contribution in [-0.4, -0.2) is 0 Å². The van der Waals surface area contributed by atoms with Gasteiger partial charge in [0.25, 0.3) is 0 Å². The van der Waals surface area contributed by atoms with E-state index in [0.717, 1.165) is 82.2 Å². The van der Waals surface area contributed by atoms with Crippen LogP contribution in [0.15, 0.2) is 206 Å². The van der Waals surface area contributed by atoms with Crippen molar-refractivity contribution in [2.75, 3.05) is 0 Å². The van der Waals surface area contributed by atoms with Crippen LogP contribution >= 0.6 is 0 Å². The molecule has 12 rings (SSSR count). The third-order valence-electron chi connectivity index (χ3n) is 12.8. The lowest BCUT2D eigenvalue weighted by Gasteiger charge is -2.18. The maximum absolute atomic E-state index is 10.5. The smallest absolute Gasteiger partial charge is 0.188 e. The van der Waals surface area contributed by atoms with E-state index < -0.39 is 0 Å². The first-order valence-electron chi connectivity index (χ1n) is 20.9. The summed E-state index contributed by atoms with van der Waals surface area (Å²) >= 11 is 0. The molecule has 0 spiro atoms.